The first-order chi connectivity index (χ1) is 9.94. The van der Waals surface area contributed by atoms with E-state index in [0.717, 1.165) is 19.0 Å². The van der Waals surface area contributed by atoms with Gasteiger partial charge in [0.1, 0.15) is 0 Å². The van der Waals surface area contributed by atoms with Gasteiger partial charge in [-0.05, 0) is 60.4 Å². The zero-order chi connectivity index (χ0) is 15.1. The lowest BCUT2D eigenvalue weighted by Crippen LogP contribution is -2.57. The normalized spacial score (nSPS) is 31.1. The summed E-state index contributed by atoms with van der Waals surface area (Å²) >= 11 is 1.93. The Bertz CT molecular complexity index is 478. The minimum atomic E-state index is 0.265. The fourth-order valence-corrected chi connectivity index (χ4v) is 5.21. The van der Waals surface area contributed by atoms with E-state index >= 15 is 0 Å². The summed E-state index contributed by atoms with van der Waals surface area (Å²) in [6, 6.07) is 2.32. The van der Waals surface area contributed by atoms with Gasteiger partial charge in [0.25, 0.3) is 0 Å². The lowest BCUT2D eigenvalue weighted by Gasteiger charge is -2.50. The third-order valence-electron chi connectivity index (χ3n) is 6.00. The highest BCUT2D eigenvalue weighted by Gasteiger charge is 2.42. The molecule has 1 saturated carbocycles. The van der Waals surface area contributed by atoms with Crippen LogP contribution < -0.4 is 5.73 Å². The number of nitrogens with zero attached hydrogens (tertiary/aromatic N) is 1. The van der Waals surface area contributed by atoms with Crippen LogP contribution >= 0.6 is 11.3 Å². The Labute approximate surface area is 133 Å². The summed E-state index contributed by atoms with van der Waals surface area (Å²) < 4.78 is 0. The van der Waals surface area contributed by atoms with E-state index in [2.05, 4.69) is 37.1 Å². The van der Waals surface area contributed by atoms with Crippen molar-refractivity contribution in [1.29, 1.82) is 0 Å². The molecular weight excluding hydrogens is 276 g/mol. The lowest BCUT2D eigenvalue weighted by molar-refractivity contribution is 0.0125. The number of rotatable bonds is 2. The molecule has 1 fully saturated rings. The summed E-state index contributed by atoms with van der Waals surface area (Å²) in [7, 11) is 0. The van der Waals surface area contributed by atoms with Gasteiger partial charge in [0.15, 0.2) is 0 Å². The molecule has 1 aliphatic carbocycles. The highest BCUT2D eigenvalue weighted by molar-refractivity contribution is 7.10. The van der Waals surface area contributed by atoms with Gasteiger partial charge in [0.2, 0.25) is 0 Å². The quantitative estimate of drug-likeness (QED) is 0.893. The molecule has 2 aliphatic rings. The van der Waals surface area contributed by atoms with E-state index in [-0.39, 0.29) is 5.54 Å². The number of nitrogens with two attached hydrogens (primary N) is 1. The van der Waals surface area contributed by atoms with Gasteiger partial charge in [0, 0.05) is 30.1 Å². The number of hydrogen-bond donors (Lipinski definition) is 1. The molecule has 1 aromatic heterocycles. The van der Waals surface area contributed by atoms with Gasteiger partial charge in [-0.15, -0.1) is 11.3 Å². The molecule has 0 atom stereocenters. The van der Waals surface area contributed by atoms with Gasteiger partial charge >= 0.3 is 0 Å². The molecule has 2 N–H and O–H groups in total. The van der Waals surface area contributed by atoms with Crippen molar-refractivity contribution in [2.24, 2.45) is 17.1 Å². The fourth-order valence-electron chi connectivity index (χ4n) is 4.32. The maximum atomic E-state index is 6.28. The summed E-state index contributed by atoms with van der Waals surface area (Å²) in [5, 5.41) is 2.25. The van der Waals surface area contributed by atoms with Crippen LogP contribution in [0, 0.1) is 11.3 Å². The molecule has 3 heteroatoms. The van der Waals surface area contributed by atoms with Crippen molar-refractivity contribution in [2.45, 2.75) is 65.0 Å². The van der Waals surface area contributed by atoms with Gasteiger partial charge in [-0.2, -0.15) is 0 Å². The van der Waals surface area contributed by atoms with E-state index in [1.807, 2.05) is 11.3 Å². The summed E-state index contributed by atoms with van der Waals surface area (Å²) in [6.07, 6.45) is 6.47. The SMILES string of the molecule is CC(C)(C)C1CCC(CN)(N2CCc3sccc3C2)CC1. The maximum Gasteiger partial charge on any atom is 0.0335 e. The molecule has 2 nitrogen and oxygen atoms in total. The Morgan fingerprint density at radius 2 is 2.05 bits per heavy atom. The second-order valence-corrected chi connectivity index (χ2v) is 9.11. The highest BCUT2D eigenvalue weighted by Crippen LogP contribution is 2.44. The van der Waals surface area contributed by atoms with Gasteiger partial charge in [-0.25, -0.2) is 0 Å². The lowest BCUT2D eigenvalue weighted by atomic mass is 9.66. The summed E-state index contributed by atoms with van der Waals surface area (Å²) in [5.41, 5.74) is 8.55. The summed E-state index contributed by atoms with van der Waals surface area (Å²) in [4.78, 5) is 4.31. The standard InChI is InChI=1S/C18H30N2S/c1-17(2,3)15-4-8-18(13-19,9-5-15)20-10-6-16-14(12-20)7-11-21-16/h7,11,15H,4-6,8-10,12-13,19H2,1-3H3. The van der Waals surface area contributed by atoms with Crippen molar-refractivity contribution in [3.05, 3.63) is 21.9 Å². The average Bonchev–Trinajstić information content (AvgIpc) is 2.93. The molecule has 118 valence electrons. The fraction of sp³-hybridized carbons (Fsp3) is 0.778. The Hall–Kier alpha value is -0.380. The predicted molar refractivity (Wildman–Crippen MR) is 91.6 cm³/mol. The van der Waals surface area contributed by atoms with E-state index in [1.165, 1.54) is 38.6 Å². The Kier molecular flexibility index (Phi) is 4.19. The first-order valence-electron chi connectivity index (χ1n) is 8.45. The highest BCUT2D eigenvalue weighted by atomic mass is 32.1. The Morgan fingerprint density at radius 1 is 1.33 bits per heavy atom. The number of thiophene rings is 1. The molecule has 0 bridgehead atoms. The van der Waals surface area contributed by atoms with Gasteiger partial charge in [-0.1, -0.05) is 20.8 Å². The van der Waals surface area contributed by atoms with Crippen molar-refractivity contribution >= 4 is 11.3 Å². The third kappa shape index (κ3) is 2.93. The first-order valence-corrected chi connectivity index (χ1v) is 9.33. The van der Waals surface area contributed by atoms with E-state index in [4.69, 9.17) is 5.73 Å². The van der Waals surface area contributed by atoms with Crippen LogP contribution in [0.1, 0.15) is 56.9 Å². The van der Waals surface area contributed by atoms with Crippen LogP contribution in [0.5, 0.6) is 0 Å². The second kappa shape index (κ2) is 5.68. The molecule has 2 heterocycles. The first kappa shape index (κ1) is 15.5. The zero-order valence-electron chi connectivity index (χ0n) is 13.8. The molecule has 0 radical (unpaired) electrons. The molecular formula is C18H30N2S. The average molecular weight is 307 g/mol. The van der Waals surface area contributed by atoms with Gasteiger partial charge < -0.3 is 5.73 Å². The molecule has 0 spiro atoms. The van der Waals surface area contributed by atoms with Crippen molar-refractivity contribution in [1.82, 2.24) is 4.90 Å². The maximum absolute atomic E-state index is 6.28. The Morgan fingerprint density at radius 3 is 2.67 bits per heavy atom. The molecule has 21 heavy (non-hydrogen) atoms. The monoisotopic (exact) mass is 306 g/mol. The van der Waals surface area contributed by atoms with Crippen LogP contribution in [0.15, 0.2) is 11.4 Å². The van der Waals surface area contributed by atoms with E-state index < -0.39 is 0 Å². The van der Waals surface area contributed by atoms with Crippen LogP contribution in [0.4, 0.5) is 0 Å². The van der Waals surface area contributed by atoms with E-state index in [1.54, 1.807) is 10.4 Å². The van der Waals surface area contributed by atoms with Crippen molar-refractivity contribution in [3.8, 4) is 0 Å². The van der Waals surface area contributed by atoms with Crippen LogP contribution in [0.25, 0.3) is 0 Å². The third-order valence-corrected chi connectivity index (χ3v) is 7.02. The number of fused-ring (bicyclic) bond motifs is 1. The van der Waals surface area contributed by atoms with Crippen molar-refractivity contribution in [2.75, 3.05) is 13.1 Å². The predicted octanol–water partition coefficient (Wildman–Crippen LogP) is 4.04. The molecule has 3 rings (SSSR count). The number of hydrogen-bond acceptors (Lipinski definition) is 3. The molecule has 0 saturated heterocycles. The molecule has 1 aliphatic heterocycles. The summed E-state index contributed by atoms with van der Waals surface area (Å²) in [5.74, 6) is 0.860. The minimum Gasteiger partial charge on any atom is -0.329 e. The Balaban J connectivity index is 1.72. The second-order valence-electron chi connectivity index (χ2n) is 8.11. The molecule has 0 unspecified atom stereocenters. The smallest absolute Gasteiger partial charge is 0.0335 e. The largest absolute Gasteiger partial charge is 0.329 e. The van der Waals surface area contributed by atoms with Gasteiger partial charge in [0.05, 0.1) is 0 Å². The topological polar surface area (TPSA) is 29.3 Å². The van der Waals surface area contributed by atoms with Crippen LogP contribution in [0.3, 0.4) is 0 Å². The van der Waals surface area contributed by atoms with Crippen molar-refractivity contribution < 1.29 is 0 Å². The van der Waals surface area contributed by atoms with Gasteiger partial charge in [-0.3, -0.25) is 4.90 Å². The molecule has 0 aromatic carbocycles. The molecule has 0 amide bonds. The van der Waals surface area contributed by atoms with E-state index in [0.29, 0.717) is 5.41 Å². The molecule has 1 aromatic rings. The van der Waals surface area contributed by atoms with E-state index in [9.17, 15) is 0 Å². The minimum absolute atomic E-state index is 0.265. The van der Waals surface area contributed by atoms with Crippen LogP contribution in [-0.4, -0.2) is 23.5 Å². The van der Waals surface area contributed by atoms with Crippen LogP contribution in [0.2, 0.25) is 0 Å². The summed E-state index contributed by atoms with van der Waals surface area (Å²) in [6.45, 7) is 10.3. The zero-order valence-corrected chi connectivity index (χ0v) is 14.6. The van der Waals surface area contributed by atoms with Crippen molar-refractivity contribution in [3.63, 3.8) is 0 Å². The van der Waals surface area contributed by atoms with Crippen LogP contribution in [-0.2, 0) is 13.0 Å².